The Kier molecular flexibility index (Phi) is 4.70. The molecule has 0 bridgehead atoms. The van der Waals surface area contributed by atoms with Crippen LogP contribution in [0.15, 0.2) is 46.9 Å². The summed E-state index contributed by atoms with van der Waals surface area (Å²) >= 11 is 3.03. The third kappa shape index (κ3) is 3.28. The maximum absolute atomic E-state index is 13.9. The van der Waals surface area contributed by atoms with Gasteiger partial charge in [-0.05, 0) is 40.2 Å². The van der Waals surface area contributed by atoms with Gasteiger partial charge in [-0.15, -0.1) is 0 Å². The highest BCUT2D eigenvalue weighted by atomic mass is 79.9. The SMILES string of the molecule is CNC(=O)c1ccccc1NC(=O)c1cccc(Br)c1F. The van der Waals surface area contributed by atoms with Gasteiger partial charge in [0.1, 0.15) is 5.82 Å². The van der Waals surface area contributed by atoms with E-state index >= 15 is 0 Å². The van der Waals surface area contributed by atoms with E-state index in [1.807, 2.05) is 0 Å². The van der Waals surface area contributed by atoms with Crippen LogP contribution in [0.25, 0.3) is 0 Å². The number of nitrogens with one attached hydrogen (secondary N) is 2. The predicted octanol–water partition coefficient (Wildman–Crippen LogP) is 3.20. The second kappa shape index (κ2) is 6.49. The van der Waals surface area contributed by atoms with E-state index in [2.05, 4.69) is 26.6 Å². The molecule has 0 fully saturated rings. The molecule has 2 aromatic rings. The van der Waals surface area contributed by atoms with Crippen molar-refractivity contribution in [3.05, 3.63) is 63.9 Å². The molecule has 6 heteroatoms. The molecule has 0 aromatic heterocycles. The first-order chi connectivity index (χ1) is 10.0. The number of hydrogen-bond donors (Lipinski definition) is 2. The second-order valence-electron chi connectivity index (χ2n) is 4.18. The van der Waals surface area contributed by atoms with Crippen LogP contribution in [0.1, 0.15) is 20.7 Å². The van der Waals surface area contributed by atoms with Gasteiger partial charge in [-0.25, -0.2) is 4.39 Å². The van der Waals surface area contributed by atoms with Gasteiger partial charge in [0, 0.05) is 7.05 Å². The minimum atomic E-state index is -0.646. The number of hydrogen-bond acceptors (Lipinski definition) is 2. The summed E-state index contributed by atoms with van der Waals surface area (Å²) in [6.45, 7) is 0. The summed E-state index contributed by atoms with van der Waals surface area (Å²) in [5.41, 5.74) is 0.529. The molecule has 0 heterocycles. The molecule has 0 unspecified atom stereocenters. The van der Waals surface area contributed by atoms with Crippen molar-refractivity contribution >= 4 is 33.4 Å². The quantitative estimate of drug-likeness (QED) is 0.892. The molecule has 108 valence electrons. The van der Waals surface area contributed by atoms with E-state index in [1.165, 1.54) is 19.2 Å². The van der Waals surface area contributed by atoms with Crippen LogP contribution in [-0.2, 0) is 0 Å². The van der Waals surface area contributed by atoms with Crippen LogP contribution >= 0.6 is 15.9 Å². The summed E-state index contributed by atoms with van der Waals surface area (Å²) in [6, 6.07) is 11.0. The molecule has 0 saturated carbocycles. The lowest BCUT2D eigenvalue weighted by atomic mass is 10.1. The Morgan fingerprint density at radius 3 is 2.38 bits per heavy atom. The van der Waals surface area contributed by atoms with Crippen molar-refractivity contribution in [3.8, 4) is 0 Å². The summed E-state index contributed by atoms with van der Waals surface area (Å²) in [5, 5.41) is 5.03. The van der Waals surface area contributed by atoms with Crippen LogP contribution in [0, 0.1) is 5.82 Å². The van der Waals surface area contributed by atoms with E-state index in [-0.39, 0.29) is 15.9 Å². The zero-order valence-electron chi connectivity index (χ0n) is 11.1. The average molecular weight is 351 g/mol. The van der Waals surface area contributed by atoms with Gasteiger partial charge in [0.25, 0.3) is 11.8 Å². The zero-order valence-corrected chi connectivity index (χ0v) is 12.7. The van der Waals surface area contributed by atoms with Crippen molar-refractivity contribution in [2.45, 2.75) is 0 Å². The number of halogens is 2. The van der Waals surface area contributed by atoms with E-state index in [0.717, 1.165) is 0 Å². The summed E-state index contributed by atoms with van der Waals surface area (Å²) in [5.74, 6) is -1.60. The first-order valence-corrected chi connectivity index (χ1v) is 6.90. The number of benzene rings is 2. The van der Waals surface area contributed by atoms with E-state index in [1.54, 1.807) is 30.3 Å². The van der Waals surface area contributed by atoms with E-state index in [0.29, 0.717) is 11.3 Å². The fraction of sp³-hybridized carbons (Fsp3) is 0.0667. The molecule has 2 amide bonds. The van der Waals surface area contributed by atoms with Crippen LogP contribution in [0.3, 0.4) is 0 Å². The molecule has 2 rings (SSSR count). The van der Waals surface area contributed by atoms with Crippen LogP contribution in [0.4, 0.5) is 10.1 Å². The monoisotopic (exact) mass is 350 g/mol. The molecule has 2 aromatic carbocycles. The molecule has 0 aliphatic rings. The Balaban J connectivity index is 2.32. The van der Waals surface area contributed by atoms with Gasteiger partial charge < -0.3 is 10.6 Å². The number of carbonyl (C=O) groups is 2. The zero-order chi connectivity index (χ0) is 15.4. The maximum atomic E-state index is 13.9. The first kappa shape index (κ1) is 15.2. The molecule has 2 N–H and O–H groups in total. The summed E-state index contributed by atoms with van der Waals surface area (Å²) < 4.78 is 14.1. The third-order valence-corrected chi connectivity index (χ3v) is 3.46. The average Bonchev–Trinajstić information content (AvgIpc) is 2.49. The number of anilines is 1. The normalized spacial score (nSPS) is 10.0. The standard InChI is InChI=1S/C15H12BrFN2O2/c1-18-14(20)9-5-2-3-8-12(9)19-15(21)10-6-4-7-11(16)13(10)17/h2-8H,1H3,(H,18,20)(H,19,21). The number of rotatable bonds is 3. The lowest BCUT2D eigenvalue weighted by Crippen LogP contribution is -2.21. The molecule has 0 saturated heterocycles. The molecular weight excluding hydrogens is 339 g/mol. The van der Waals surface area contributed by atoms with Crippen molar-refractivity contribution in [2.75, 3.05) is 12.4 Å². The fourth-order valence-electron chi connectivity index (χ4n) is 1.79. The number of carbonyl (C=O) groups excluding carboxylic acids is 2. The molecule has 0 atom stereocenters. The Labute approximate surface area is 129 Å². The Morgan fingerprint density at radius 2 is 1.67 bits per heavy atom. The Bertz CT molecular complexity index is 704. The largest absolute Gasteiger partial charge is 0.355 e. The summed E-state index contributed by atoms with van der Waals surface area (Å²) in [4.78, 5) is 23.9. The van der Waals surface area contributed by atoms with Gasteiger partial charge >= 0.3 is 0 Å². The third-order valence-electron chi connectivity index (χ3n) is 2.84. The number of amides is 2. The van der Waals surface area contributed by atoms with E-state index in [4.69, 9.17) is 0 Å². The minimum Gasteiger partial charge on any atom is -0.355 e. The van der Waals surface area contributed by atoms with Gasteiger partial charge in [-0.3, -0.25) is 9.59 Å². The van der Waals surface area contributed by atoms with Crippen LogP contribution in [-0.4, -0.2) is 18.9 Å². The lowest BCUT2D eigenvalue weighted by Gasteiger charge is -2.10. The van der Waals surface area contributed by atoms with Gasteiger partial charge in [-0.2, -0.15) is 0 Å². The summed E-state index contributed by atoms with van der Waals surface area (Å²) in [6.07, 6.45) is 0. The highest BCUT2D eigenvalue weighted by Gasteiger charge is 2.16. The van der Waals surface area contributed by atoms with Gasteiger partial charge in [0.2, 0.25) is 0 Å². The molecule has 0 radical (unpaired) electrons. The van der Waals surface area contributed by atoms with Crippen LogP contribution in [0.2, 0.25) is 0 Å². The van der Waals surface area contributed by atoms with Gasteiger partial charge in [0.15, 0.2) is 0 Å². The van der Waals surface area contributed by atoms with E-state index < -0.39 is 11.7 Å². The molecule has 21 heavy (non-hydrogen) atoms. The van der Waals surface area contributed by atoms with Crippen molar-refractivity contribution in [1.29, 1.82) is 0 Å². The Morgan fingerprint density at radius 1 is 1.00 bits per heavy atom. The predicted molar refractivity (Wildman–Crippen MR) is 81.9 cm³/mol. The molecule has 4 nitrogen and oxygen atoms in total. The molecule has 0 spiro atoms. The fourth-order valence-corrected chi connectivity index (χ4v) is 2.16. The van der Waals surface area contributed by atoms with Crippen molar-refractivity contribution in [3.63, 3.8) is 0 Å². The van der Waals surface area contributed by atoms with Gasteiger partial charge in [-0.1, -0.05) is 18.2 Å². The minimum absolute atomic E-state index is 0.101. The molecule has 0 aliphatic heterocycles. The van der Waals surface area contributed by atoms with Crippen molar-refractivity contribution in [1.82, 2.24) is 5.32 Å². The maximum Gasteiger partial charge on any atom is 0.258 e. The highest BCUT2D eigenvalue weighted by molar-refractivity contribution is 9.10. The lowest BCUT2D eigenvalue weighted by molar-refractivity contribution is 0.0964. The highest BCUT2D eigenvalue weighted by Crippen LogP contribution is 2.21. The number of para-hydroxylation sites is 1. The van der Waals surface area contributed by atoms with Crippen LogP contribution in [0.5, 0.6) is 0 Å². The molecule has 0 aliphatic carbocycles. The first-order valence-electron chi connectivity index (χ1n) is 6.11. The van der Waals surface area contributed by atoms with Crippen molar-refractivity contribution < 1.29 is 14.0 Å². The van der Waals surface area contributed by atoms with Crippen molar-refractivity contribution in [2.24, 2.45) is 0 Å². The topological polar surface area (TPSA) is 58.2 Å². The van der Waals surface area contributed by atoms with Gasteiger partial charge in [0.05, 0.1) is 21.3 Å². The smallest absolute Gasteiger partial charge is 0.258 e. The second-order valence-corrected chi connectivity index (χ2v) is 5.03. The summed E-state index contributed by atoms with van der Waals surface area (Å²) in [7, 11) is 1.49. The molecular formula is C15H12BrFN2O2. The van der Waals surface area contributed by atoms with Crippen LogP contribution < -0.4 is 10.6 Å². The Hall–Kier alpha value is -2.21. The van der Waals surface area contributed by atoms with E-state index in [9.17, 15) is 14.0 Å².